The summed E-state index contributed by atoms with van der Waals surface area (Å²) in [5, 5.41) is 2.99. The Labute approximate surface area is 108 Å². The van der Waals surface area contributed by atoms with Crippen LogP contribution >= 0.6 is 0 Å². The van der Waals surface area contributed by atoms with Crippen LogP contribution in [0.4, 0.5) is 0 Å². The molecular formula is C16H17NO. The number of carbonyl (C=O) groups is 1. The average molecular weight is 239 g/mol. The average Bonchev–Trinajstić information content (AvgIpc) is 2.40. The van der Waals surface area contributed by atoms with Gasteiger partial charge in [0.05, 0.1) is 6.04 Å². The van der Waals surface area contributed by atoms with Crippen molar-refractivity contribution in [1.29, 1.82) is 0 Å². The lowest BCUT2D eigenvalue weighted by atomic mass is 10.1. The van der Waals surface area contributed by atoms with Crippen LogP contribution in [0.5, 0.6) is 0 Å². The van der Waals surface area contributed by atoms with Gasteiger partial charge in [-0.25, -0.2) is 0 Å². The second kappa shape index (κ2) is 5.50. The van der Waals surface area contributed by atoms with Gasteiger partial charge in [0.2, 0.25) is 0 Å². The third kappa shape index (κ3) is 2.98. The van der Waals surface area contributed by atoms with Gasteiger partial charge in [-0.15, -0.1) is 0 Å². The van der Waals surface area contributed by atoms with Crippen LogP contribution in [0.2, 0.25) is 0 Å². The minimum atomic E-state index is -0.0358. The summed E-state index contributed by atoms with van der Waals surface area (Å²) in [6.45, 7) is 4.00. The molecule has 1 amide bonds. The van der Waals surface area contributed by atoms with Gasteiger partial charge >= 0.3 is 0 Å². The lowest BCUT2D eigenvalue weighted by Crippen LogP contribution is -2.26. The first-order valence-electron chi connectivity index (χ1n) is 6.09. The highest BCUT2D eigenvalue weighted by Crippen LogP contribution is 2.12. The van der Waals surface area contributed by atoms with Gasteiger partial charge in [-0.3, -0.25) is 4.79 Å². The van der Waals surface area contributed by atoms with Crippen LogP contribution in [0.1, 0.15) is 34.5 Å². The highest BCUT2D eigenvalue weighted by atomic mass is 16.1. The summed E-state index contributed by atoms with van der Waals surface area (Å²) in [4.78, 5) is 12.0. The fourth-order valence-corrected chi connectivity index (χ4v) is 1.81. The van der Waals surface area contributed by atoms with Crippen LogP contribution in [0.25, 0.3) is 0 Å². The molecular weight excluding hydrogens is 222 g/mol. The van der Waals surface area contributed by atoms with E-state index < -0.39 is 0 Å². The van der Waals surface area contributed by atoms with Crippen molar-refractivity contribution in [2.75, 3.05) is 0 Å². The summed E-state index contributed by atoms with van der Waals surface area (Å²) >= 11 is 0. The van der Waals surface area contributed by atoms with E-state index in [1.165, 1.54) is 0 Å². The quantitative estimate of drug-likeness (QED) is 0.872. The van der Waals surface area contributed by atoms with E-state index in [1.54, 1.807) is 0 Å². The molecule has 92 valence electrons. The van der Waals surface area contributed by atoms with E-state index in [0.29, 0.717) is 5.56 Å². The van der Waals surface area contributed by atoms with Crippen molar-refractivity contribution in [1.82, 2.24) is 5.32 Å². The van der Waals surface area contributed by atoms with Gasteiger partial charge in [-0.05, 0) is 31.5 Å². The van der Waals surface area contributed by atoms with E-state index in [1.807, 2.05) is 68.4 Å². The molecule has 0 aliphatic carbocycles. The molecule has 0 aliphatic rings. The molecule has 0 unspecified atom stereocenters. The number of rotatable bonds is 3. The van der Waals surface area contributed by atoms with E-state index in [9.17, 15) is 4.79 Å². The highest BCUT2D eigenvalue weighted by Gasteiger charge is 2.10. The number of hydrogen-bond acceptors (Lipinski definition) is 1. The van der Waals surface area contributed by atoms with Gasteiger partial charge in [-0.2, -0.15) is 0 Å². The van der Waals surface area contributed by atoms with Crippen molar-refractivity contribution in [3.63, 3.8) is 0 Å². The number of benzene rings is 2. The van der Waals surface area contributed by atoms with Crippen molar-refractivity contribution in [2.45, 2.75) is 19.9 Å². The minimum Gasteiger partial charge on any atom is -0.346 e. The minimum absolute atomic E-state index is 0.0139. The molecule has 2 nitrogen and oxygen atoms in total. The predicted octanol–water partition coefficient (Wildman–Crippen LogP) is 3.49. The third-order valence-electron chi connectivity index (χ3n) is 2.96. The normalized spacial score (nSPS) is 11.9. The van der Waals surface area contributed by atoms with Gasteiger partial charge in [0.25, 0.3) is 5.91 Å². The molecule has 0 fully saturated rings. The molecule has 2 aromatic rings. The van der Waals surface area contributed by atoms with Crippen molar-refractivity contribution >= 4 is 5.91 Å². The molecule has 1 atom stereocenters. The van der Waals surface area contributed by atoms with Crippen LogP contribution in [0.3, 0.4) is 0 Å². The molecule has 0 radical (unpaired) electrons. The summed E-state index contributed by atoms with van der Waals surface area (Å²) in [5.74, 6) is -0.0358. The molecule has 0 bridgehead atoms. The molecule has 0 spiro atoms. The van der Waals surface area contributed by atoms with Crippen LogP contribution in [-0.4, -0.2) is 5.91 Å². The fraction of sp³-hybridized carbons (Fsp3) is 0.188. The molecule has 0 aromatic heterocycles. The number of aryl methyl sites for hydroxylation is 1. The molecule has 0 heterocycles. The van der Waals surface area contributed by atoms with Crippen LogP contribution < -0.4 is 5.32 Å². The summed E-state index contributed by atoms with van der Waals surface area (Å²) in [6, 6.07) is 17.6. The highest BCUT2D eigenvalue weighted by molar-refractivity contribution is 5.94. The Morgan fingerprint density at radius 3 is 2.22 bits per heavy atom. The number of nitrogens with one attached hydrogen (secondary N) is 1. The summed E-state index contributed by atoms with van der Waals surface area (Å²) in [5.41, 5.74) is 2.96. The summed E-state index contributed by atoms with van der Waals surface area (Å²) in [7, 11) is 0. The van der Waals surface area contributed by atoms with Crippen LogP contribution in [-0.2, 0) is 0 Å². The van der Waals surface area contributed by atoms with E-state index >= 15 is 0 Å². The number of amides is 1. The maximum Gasteiger partial charge on any atom is 0.251 e. The molecule has 2 rings (SSSR count). The van der Waals surface area contributed by atoms with E-state index in [2.05, 4.69) is 5.32 Å². The molecule has 0 saturated heterocycles. The molecule has 0 saturated carbocycles. The number of hydrogen-bond donors (Lipinski definition) is 1. The Balaban J connectivity index is 2.06. The summed E-state index contributed by atoms with van der Waals surface area (Å²) in [6.07, 6.45) is 0. The first-order chi connectivity index (χ1) is 8.66. The maximum absolute atomic E-state index is 12.0. The molecule has 2 heteroatoms. The maximum atomic E-state index is 12.0. The smallest absolute Gasteiger partial charge is 0.251 e. The van der Waals surface area contributed by atoms with Crippen LogP contribution in [0, 0.1) is 6.92 Å². The van der Waals surface area contributed by atoms with Gasteiger partial charge in [-0.1, -0.05) is 48.0 Å². The van der Waals surface area contributed by atoms with E-state index in [4.69, 9.17) is 0 Å². The lowest BCUT2D eigenvalue weighted by Gasteiger charge is -2.14. The van der Waals surface area contributed by atoms with Crippen molar-refractivity contribution in [3.05, 3.63) is 71.3 Å². The second-order valence-corrected chi connectivity index (χ2v) is 4.47. The first kappa shape index (κ1) is 12.4. The molecule has 18 heavy (non-hydrogen) atoms. The first-order valence-corrected chi connectivity index (χ1v) is 6.09. The Hall–Kier alpha value is -2.09. The third-order valence-corrected chi connectivity index (χ3v) is 2.96. The molecule has 2 aromatic carbocycles. The monoisotopic (exact) mass is 239 g/mol. The van der Waals surface area contributed by atoms with Crippen LogP contribution in [0.15, 0.2) is 54.6 Å². The van der Waals surface area contributed by atoms with E-state index in [-0.39, 0.29) is 11.9 Å². The zero-order valence-electron chi connectivity index (χ0n) is 10.7. The van der Waals surface area contributed by atoms with Crippen molar-refractivity contribution < 1.29 is 4.79 Å². The van der Waals surface area contributed by atoms with Gasteiger partial charge in [0, 0.05) is 5.56 Å². The zero-order chi connectivity index (χ0) is 13.0. The molecule has 0 aliphatic heterocycles. The molecule has 1 N–H and O–H groups in total. The Morgan fingerprint density at radius 1 is 1.00 bits per heavy atom. The van der Waals surface area contributed by atoms with Gasteiger partial charge < -0.3 is 5.32 Å². The Bertz CT molecular complexity index is 517. The Kier molecular flexibility index (Phi) is 3.78. The summed E-state index contributed by atoms with van der Waals surface area (Å²) < 4.78 is 0. The zero-order valence-corrected chi connectivity index (χ0v) is 10.7. The predicted molar refractivity (Wildman–Crippen MR) is 73.5 cm³/mol. The standard InChI is InChI=1S/C16H17NO/c1-12-8-10-15(11-9-12)16(18)17-13(2)14-6-4-3-5-7-14/h3-11,13H,1-2H3,(H,17,18)/t13-/m1/s1. The van der Waals surface area contributed by atoms with E-state index in [0.717, 1.165) is 11.1 Å². The van der Waals surface area contributed by atoms with Gasteiger partial charge in [0.15, 0.2) is 0 Å². The second-order valence-electron chi connectivity index (χ2n) is 4.47. The van der Waals surface area contributed by atoms with Crippen molar-refractivity contribution in [3.8, 4) is 0 Å². The lowest BCUT2D eigenvalue weighted by molar-refractivity contribution is 0.0940. The largest absolute Gasteiger partial charge is 0.346 e. The fourth-order valence-electron chi connectivity index (χ4n) is 1.81. The topological polar surface area (TPSA) is 29.1 Å². The Morgan fingerprint density at radius 2 is 1.61 bits per heavy atom. The van der Waals surface area contributed by atoms with Crippen molar-refractivity contribution in [2.24, 2.45) is 0 Å². The van der Waals surface area contributed by atoms with Gasteiger partial charge in [0.1, 0.15) is 0 Å². The SMILES string of the molecule is Cc1ccc(C(=O)N[C@H](C)c2ccccc2)cc1. The number of carbonyl (C=O) groups excluding carboxylic acids is 1.